The molecule has 190 valence electrons. The van der Waals surface area contributed by atoms with Gasteiger partial charge in [-0.05, 0) is 55.6 Å². The van der Waals surface area contributed by atoms with E-state index in [0.29, 0.717) is 51.0 Å². The third kappa shape index (κ3) is 5.75. The summed E-state index contributed by atoms with van der Waals surface area (Å²) in [4.78, 5) is 19.8. The summed E-state index contributed by atoms with van der Waals surface area (Å²) >= 11 is 0. The Bertz CT molecular complexity index is 945. The van der Waals surface area contributed by atoms with Crippen molar-refractivity contribution in [2.75, 3.05) is 56.6 Å². The van der Waals surface area contributed by atoms with Crippen LogP contribution in [-0.2, 0) is 10.0 Å². The molecule has 2 aliphatic heterocycles. The molecule has 1 aliphatic carbocycles. The SMILES string of the molecule is CC1(C2CC(COc3ccc(N4CCN(S(=O)(=O)CCCO)CC4)nc3)CCN2C(=O)O)CC1. The highest BCUT2D eigenvalue weighted by Gasteiger charge is 2.50. The van der Waals surface area contributed by atoms with Crippen LogP contribution in [0.1, 0.15) is 39.0 Å². The van der Waals surface area contributed by atoms with E-state index in [1.807, 2.05) is 12.1 Å². The number of piperidine rings is 1. The Morgan fingerprint density at radius 3 is 2.53 bits per heavy atom. The molecular formula is C23H36N4O6S. The van der Waals surface area contributed by atoms with Crippen LogP contribution in [0.15, 0.2) is 18.3 Å². The molecule has 3 heterocycles. The molecule has 2 N–H and O–H groups in total. The molecule has 2 unspecified atom stereocenters. The standard InChI is InChI=1S/C23H36N4O6S/c1-23(6-7-23)20-15-18(5-8-27(20)22(29)30)17-33-19-3-4-21(24-16-19)25-9-11-26(12-10-25)34(31,32)14-2-13-28/h3-4,16,18,20,28H,2,5-15,17H2,1H3,(H,29,30). The number of anilines is 1. The number of sulfonamides is 1. The lowest BCUT2D eigenvalue weighted by Gasteiger charge is -2.41. The van der Waals surface area contributed by atoms with Crippen molar-refractivity contribution < 1.29 is 28.2 Å². The maximum atomic E-state index is 12.3. The molecular weight excluding hydrogens is 460 g/mol. The second-order valence-corrected chi connectivity index (χ2v) is 12.1. The molecule has 1 aromatic heterocycles. The predicted molar refractivity (Wildman–Crippen MR) is 128 cm³/mol. The van der Waals surface area contributed by atoms with Gasteiger partial charge < -0.3 is 24.7 Å². The number of likely N-dealkylation sites (tertiary alicyclic amines) is 1. The topological polar surface area (TPSA) is 124 Å². The lowest BCUT2D eigenvalue weighted by molar-refractivity contribution is 0.0489. The van der Waals surface area contributed by atoms with Gasteiger partial charge in [0.15, 0.2) is 0 Å². The number of nitrogens with zero attached hydrogens (tertiary/aromatic N) is 4. The normalized spacial score (nSPS) is 25.2. The molecule has 0 radical (unpaired) electrons. The van der Waals surface area contributed by atoms with Crippen LogP contribution in [0.2, 0.25) is 0 Å². The molecule has 10 nitrogen and oxygen atoms in total. The van der Waals surface area contributed by atoms with Crippen LogP contribution in [0, 0.1) is 11.3 Å². The Balaban J connectivity index is 1.26. The van der Waals surface area contributed by atoms with Crippen LogP contribution in [0.5, 0.6) is 5.75 Å². The molecule has 0 aromatic carbocycles. The summed E-state index contributed by atoms with van der Waals surface area (Å²) in [5.74, 6) is 1.77. The van der Waals surface area contributed by atoms with Gasteiger partial charge in [0.25, 0.3) is 0 Å². The largest absolute Gasteiger partial charge is 0.492 e. The molecule has 2 saturated heterocycles. The second kappa shape index (κ2) is 10.2. The molecule has 3 aliphatic rings. The van der Waals surface area contributed by atoms with Gasteiger partial charge in [0.1, 0.15) is 11.6 Å². The Labute approximate surface area is 201 Å². The number of piperazine rings is 1. The first-order valence-electron chi connectivity index (χ1n) is 12.1. The Morgan fingerprint density at radius 1 is 1.21 bits per heavy atom. The highest BCUT2D eigenvalue weighted by Crippen LogP contribution is 2.53. The smallest absolute Gasteiger partial charge is 0.407 e. The number of hydrogen-bond donors (Lipinski definition) is 2. The number of amides is 1. The Morgan fingerprint density at radius 2 is 1.94 bits per heavy atom. The molecule has 3 fully saturated rings. The summed E-state index contributed by atoms with van der Waals surface area (Å²) in [6.07, 6.45) is 4.94. The van der Waals surface area contributed by atoms with Gasteiger partial charge in [-0.15, -0.1) is 0 Å². The fourth-order valence-electron chi connectivity index (χ4n) is 5.04. The molecule has 2 atom stereocenters. The summed E-state index contributed by atoms with van der Waals surface area (Å²) < 4.78 is 32.1. The van der Waals surface area contributed by atoms with Crippen LogP contribution >= 0.6 is 0 Å². The fraction of sp³-hybridized carbons (Fsp3) is 0.739. The van der Waals surface area contributed by atoms with Gasteiger partial charge >= 0.3 is 6.09 Å². The third-order valence-electron chi connectivity index (χ3n) is 7.52. The van der Waals surface area contributed by atoms with E-state index >= 15 is 0 Å². The van der Waals surface area contributed by atoms with Crippen molar-refractivity contribution >= 4 is 21.9 Å². The number of rotatable bonds is 9. The van der Waals surface area contributed by atoms with Gasteiger partial charge in [0.2, 0.25) is 10.0 Å². The lowest BCUT2D eigenvalue weighted by atomic mass is 9.83. The average Bonchev–Trinajstić information content (AvgIpc) is 3.60. The molecule has 34 heavy (non-hydrogen) atoms. The van der Waals surface area contributed by atoms with E-state index in [-0.39, 0.29) is 30.2 Å². The number of carbonyl (C=O) groups is 1. The molecule has 1 saturated carbocycles. The number of ether oxygens (including phenoxy) is 1. The van der Waals surface area contributed by atoms with E-state index in [1.54, 1.807) is 11.1 Å². The first-order chi connectivity index (χ1) is 16.2. The zero-order chi connectivity index (χ0) is 24.3. The predicted octanol–water partition coefficient (Wildman–Crippen LogP) is 1.85. The van der Waals surface area contributed by atoms with Crippen molar-refractivity contribution in [1.29, 1.82) is 0 Å². The summed E-state index contributed by atoms with van der Waals surface area (Å²) in [5.41, 5.74) is 0.114. The molecule has 4 rings (SSSR count). The first kappa shape index (κ1) is 25.0. The van der Waals surface area contributed by atoms with E-state index in [1.165, 1.54) is 4.31 Å². The minimum atomic E-state index is -3.32. The van der Waals surface area contributed by atoms with Crippen LogP contribution in [0.25, 0.3) is 0 Å². The minimum absolute atomic E-state index is 0.0247. The minimum Gasteiger partial charge on any atom is -0.492 e. The van der Waals surface area contributed by atoms with Crippen LogP contribution in [0.4, 0.5) is 10.6 Å². The molecule has 0 spiro atoms. The Hall–Kier alpha value is -2.11. The number of aromatic nitrogens is 1. The summed E-state index contributed by atoms with van der Waals surface area (Å²) in [5, 5.41) is 18.5. The van der Waals surface area contributed by atoms with Crippen molar-refractivity contribution in [3.05, 3.63) is 18.3 Å². The first-order valence-corrected chi connectivity index (χ1v) is 13.7. The Kier molecular flexibility index (Phi) is 7.54. The van der Waals surface area contributed by atoms with Gasteiger partial charge in [-0.3, -0.25) is 0 Å². The molecule has 0 bridgehead atoms. The second-order valence-electron chi connectivity index (χ2n) is 9.98. The number of aliphatic hydroxyl groups is 1. The highest BCUT2D eigenvalue weighted by molar-refractivity contribution is 7.89. The van der Waals surface area contributed by atoms with E-state index in [0.717, 1.165) is 31.5 Å². The van der Waals surface area contributed by atoms with E-state index < -0.39 is 16.1 Å². The number of aliphatic hydroxyl groups excluding tert-OH is 1. The van der Waals surface area contributed by atoms with Crippen molar-refractivity contribution in [2.45, 2.75) is 45.1 Å². The molecule has 11 heteroatoms. The van der Waals surface area contributed by atoms with Gasteiger partial charge in [0.05, 0.1) is 18.6 Å². The zero-order valence-electron chi connectivity index (χ0n) is 19.8. The monoisotopic (exact) mass is 496 g/mol. The van der Waals surface area contributed by atoms with Gasteiger partial charge in [0, 0.05) is 45.4 Å². The van der Waals surface area contributed by atoms with E-state index in [2.05, 4.69) is 16.8 Å². The summed E-state index contributed by atoms with van der Waals surface area (Å²) in [6.45, 7) is 5.10. The fourth-order valence-corrected chi connectivity index (χ4v) is 6.51. The van der Waals surface area contributed by atoms with Gasteiger partial charge in [-0.25, -0.2) is 18.2 Å². The van der Waals surface area contributed by atoms with E-state index in [9.17, 15) is 18.3 Å². The van der Waals surface area contributed by atoms with Crippen LogP contribution < -0.4 is 9.64 Å². The summed E-state index contributed by atoms with van der Waals surface area (Å²) in [6, 6.07) is 3.85. The van der Waals surface area contributed by atoms with Gasteiger partial charge in [-0.1, -0.05) is 6.92 Å². The lowest BCUT2D eigenvalue weighted by Crippen LogP contribution is -2.50. The van der Waals surface area contributed by atoms with Crippen molar-refractivity contribution in [1.82, 2.24) is 14.2 Å². The van der Waals surface area contributed by atoms with Crippen molar-refractivity contribution in [3.63, 3.8) is 0 Å². The quantitative estimate of drug-likeness (QED) is 0.531. The van der Waals surface area contributed by atoms with Crippen LogP contribution in [-0.4, -0.2) is 96.6 Å². The maximum Gasteiger partial charge on any atom is 0.407 e. The summed E-state index contributed by atoms with van der Waals surface area (Å²) in [7, 11) is -3.32. The highest BCUT2D eigenvalue weighted by atomic mass is 32.2. The van der Waals surface area contributed by atoms with Crippen LogP contribution in [0.3, 0.4) is 0 Å². The van der Waals surface area contributed by atoms with Crippen molar-refractivity contribution in [3.8, 4) is 5.75 Å². The third-order valence-corrected chi connectivity index (χ3v) is 9.48. The van der Waals surface area contributed by atoms with Crippen molar-refractivity contribution in [2.24, 2.45) is 11.3 Å². The number of carboxylic acid groups (broad SMARTS) is 1. The van der Waals surface area contributed by atoms with Gasteiger partial charge in [-0.2, -0.15) is 4.31 Å². The average molecular weight is 497 g/mol. The maximum absolute atomic E-state index is 12.3. The molecule has 1 amide bonds. The number of pyridine rings is 1. The number of hydrogen-bond acceptors (Lipinski definition) is 7. The van der Waals surface area contributed by atoms with E-state index in [4.69, 9.17) is 9.84 Å². The zero-order valence-corrected chi connectivity index (χ0v) is 20.6. The molecule has 1 aromatic rings.